The van der Waals surface area contributed by atoms with Gasteiger partial charge >= 0.3 is 6.09 Å². The van der Waals surface area contributed by atoms with E-state index in [9.17, 15) is 9.90 Å². The van der Waals surface area contributed by atoms with E-state index in [4.69, 9.17) is 4.74 Å². The van der Waals surface area contributed by atoms with Gasteiger partial charge < -0.3 is 20.1 Å². The van der Waals surface area contributed by atoms with Crippen LogP contribution in [-0.4, -0.2) is 53.0 Å². The van der Waals surface area contributed by atoms with Crippen molar-refractivity contribution in [2.75, 3.05) is 19.6 Å². The zero-order chi connectivity index (χ0) is 14.7. The molecule has 1 amide bonds. The minimum atomic E-state index is -0.573. The van der Waals surface area contributed by atoms with Crippen molar-refractivity contribution in [3.63, 3.8) is 0 Å². The van der Waals surface area contributed by atoms with Gasteiger partial charge in [-0.25, -0.2) is 4.79 Å². The van der Waals surface area contributed by atoms with Crippen LogP contribution in [0.2, 0.25) is 0 Å². The zero-order valence-corrected chi connectivity index (χ0v) is 12.8. The number of ether oxygens (including phenoxy) is 1. The standard InChI is InChI=1S/C14H28N2O3/c1-11(2)16(12(17)19-13(3,4)5)8-6-7-14(18)9-15-10-14/h11,15,18H,6-10H2,1-5H3. The molecule has 5 heteroatoms. The number of amides is 1. The lowest BCUT2D eigenvalue weighted by molar-refractivity contribution is -0.0229. The van der Waals surface area contributed by atoms with Gasteiger partial charge in [0.25, 0.3) is 0 Å². The zero-order valence-electron chi connectivity index (χ0n) is 12.8. The van der Waals surface area contributed by atoms with E-state index >= 15 is 0 Å². The van der Waals surface area contributed by atoms with Gasteiger partial charge in [-0.05, 0) is 47.5 Å². The molecule has 0 aromatic carbocycles. The van der Waals surface area contributed by atoms with Gasteiger partial charge in [0, 0.05) is 25.7 Å². The summed E-state index contributed by atoms with van der Waals surface area (Å²) in [5.41, 5.74) is -1.04. The Morgan fingerprint density at radius 1 is 1.42 bits per heavy atom. The van der Waals surface area contributed by atoms with E-state index in [-0.39, 0.29) is 12.1 Å². The molecule has 1 fully saturated rings. The number of carbonyl (C=O) groups is 1. The van der Waals surface area contributed by atoms with Crippen molar-refractivity contribution in [2.45, 2.75) is 64.7 Å². The van der Waals surface area contributed by atoms with E-state index in [1.807, 2.05) is 34.6 Å². The summed E-state index contributed by atoms with van der Waals surface area (Å²) < 4.78 is 5.40. The predicted molar refractivity (Wildman–Crippen MR) is 75.1 cm³/mol. The molecule has 0 radical (unpaired) electrons. The first kappa shape index (κ1) is 16.2. The molecule has 0 spiro atoms. The summed E-state index contributed by atoms with van der Waals surface area (Å²) in [5.74, 6) is 0. The molecule has 0 unspecified atom stereocenters. The number of aliphatic hydroxyl groups is 1. The number of β-amino-alcohol motifs (C(OH)–C–C–N with tert-alkyl or cyclic N) is 1. The maximum atomic E-state index is 12.1. The highest BCUT2D eigenvalue weighted by Crippen LogP contribution is 2.19. The summed E-state index contributed by atoms with van der Waals surface area (Å²) >= 11 is 0. The maximum absolute atomic E-state index is 12.1. The Hall–Kier alpha value is -0.810. The van der Waals surface area contributed by atoms with Crippen molar-refractivity contribution in [1.29, 1.82) is 0 Å². The number of rotatable bonds is 5. The van der Waals surface area contributed by atoms with Crippen LogP contribution in [0.1, 0.15) is 47.5 Å². The third-order valence-corrected chi connectivity index (χ3v) is 3.20. The average molecular weight is 272 g/mol. The van der Waals surface area contributed by atoms with E-state index in [1.54, 1.807) is 4.90 Å². The number of hydrogen-bond acceptors (Lipinski definition) is 4. The van der Waals surface area contributed by atoms with Gasteiger partial charge in [0.2, 0.25) is 0 Å². The molecule has 0 aromatic rings. The quantitative estimate of drug-likeness (QED) is 0.800. The smallest absolute Gasteiger partial charge is 0.410 e. The van der Waals surface area contributed by atoms with Crippen LogP contribution in [0.3, 0.4) is 0 Å². The van der Waals surface area contributed by atoms with Crippen molar-refractivity contribution in [1.82, 2.24) is 10.2 Å². The highest BCUT2D eigenvalue weighted by molar-refractivity contribution is 5.68. The van der Waals surface area contributed by atoms with Gasteiger partial charge in [0.05, 0.1) is 5.60 Å². The maximum Gasteiger partial charge on any atom is 0.410 e. The minimum absolute atomic E-state index is 0.101. The second kappa shape index (κ2) is 6.09. The van der Waals surface area contributed by atoms with Crippen LogP contribution < -0.4 is 5.32 Å². The van der Waals surface area contributed by atoms with E-state index in [1.165, 1.54) is 0 Å². The first-order valence-corrected chi connectivity index (χ1v) is 7.06. The molecule has 5 nitrogen and oxygen atoms in total. The molecule has 1 aliphatic heterocycles. The van der Waals surface area contributed by atoms with Gasteiger partial charge in [-0.1, -0.05) is 0 Å². The molecule has 1 saturated heterocycles. The van der Waals surface area contributed by atoms with E-state index < -0.39 is 11.2 Å². The largest absolute Gasteiger partial charge is 0.444 e. The molecule has 0 atom stereocenters. The fourth-order valence-electron chi connectivity index (χ4n) is 2.05. The van der Waals surface area contributed by atoms with Crippen LogP contribution >= 0.6 is 0 Å². The lowest BCUT2D eigenvalue weighted by atomic mass is 9.91. The summed E-state index contributed by atoms with van der Waals surface area (Å²) in [6.07, 6.45) is 1.22. The Bertz CT molecular complexity index is 306. The molecule has 0 aromatic heterocycles. The van der Waals surface area contributed by atoms with Crippen molar-refractivity contribution in [2.24, 2.45) is 0 Å². The number of nitrogens with zero attached hydrogens (tertiary/aromatic N) is 1. The Balaban J connectivity index is 2.41. The van der Waals surface area contributed by atoms with Crippen LogP contribution in [0.15, 0.2) is 0 Å². The van der Waals surface area contributed by atoms with Crippen molar-refractivity contribution >= 4 is 6.09 Å². The van der Waals surface area contributed by atoms with Crippen molar-refractivity contribution < 1.29 is 14.6 Å². The second-order valence-electron chi connectivity index (χ2n) is 6.70. The van der Waals surface area contributed by atoms with Crippen LogP contribution in [-0.2, 0) is 4.74 Å². The molecule has 0 aliphatic carbocycles. The molecule has 1 aliphatic rings. The van der Waals surface area contributed by atoms with Crippen LogP contribution in [0, 0.1) is 0 Å². The van der Waals surface area contributed by atoms with E-state index in [2.05, 4.69) is 5.32 Å². The van der Waals surface area contributed by atoms with Crippen LogP contribution in [0.25, 0.3) is 0 Å². The van der Waals surface area contributed by atoms with Gasteiger partial charge in [-0.3, -0.25) is 0 Å². The van der Waals surface area contributed by atoms with E-state index in [0.717, 1.165) is 6.42 Å². The molecule has 1 heterocycles. The molecule has 2 N–H and O–H groups in total. The average Bonchev–Trinajstić information content (AvgIpc) is 2.18. The van der Waals surface area contributed by atoms with Crippen molar-refractivity contribution in [3.05, 3.63) is 0 Å². The number of carbonyl (C=O) groups excluding carboxylic acids is 1. The molecule has 19 heavy (non-hydrogen) atoms. The highest BCUT2D eigenvalue weighted by atomic mass is 16.6. The van der Waals surface area contributed by atoms with Gasteiger partial charge in [-0.15, -0.1) is 0 Å². The number of hydrogen-bond donors (Lipinski definition) is 2. The predicted octanol–water partition coefficient (Wildman–Crippen LogP) is 1.75. The topological polar surface area (TPSA) is 61.8 Å². The van der Waals surface area contributed by atoms with E-state index in [0.29, 0.717) is 26.1 Å². The molecule has 0 bridgehead atoms. The normalized spacial score (nSPS) is 18.1. The molecular weight excluding hydrogens is 244 g/mol. The number of nitrogens with one attached hydrogen (secondary N) is 1. The van der Waals surface area contributed by atoms with Crippen LogP contribution in [0.5, 0.6) is 0 Å². The molecule has 1 rings (SSSR count). The van der Waals surface area contributed by atoms with Gasteiger partial charge in [0.15, 0.2) is 0 Å². The second-order valence-corrected chi connectivity index (χ2v) is 6.70. The Morgan fingerprint density at radius 3 is 2.37 bits per heavy atom. The Morgan fingerprint density at radius 2 is 2.00 bits per heavy atom. The summed E-state index contributed by atoms with van der Waals surface area (Å²) in [5, 5.41) is 13.1. The summed E-state index contributed by atoms with van der Waals surface area (Å²) in [6, 6.07) is 0.101. The Labute approximate surface area is 116 Å². The summed E-state index contributed by atoms with van der Waals surface area (Å²) in [4.78, 5) is 13.8. The summed E-state index contributed by atoms with van der Waals surface area (Å²) in [7, 11) is 0. The summed E-state index contributed by atoms with van der Waals surface area (Å²) in [6.45, 7) is 11.5. The van der Waals surface area contributed by atoms with Crippen molar-refractivity contribution in [3.8, 4) is 0 Å². The molecular formula is C14H28N2O3. The fraction of sp³-hybridized carbons (Fsp3) is 0.929. The third kappa shape index (κ3) is 5.37. The minimum Gasteiger partial charge on any atom is -0.444 e. The third-order valence-electron chi connectivity index (χ3n) is 3.20. The van der Waals surface area contributed by atoms with Gasteiger partial charge in [-0.2, -0.15) is 0 Å². The molecule has 0 saturated carbocycles. The lowest BCUT2D eigenvalue weighted by Gasteiger charge is -2.38. The van der Waals surface area contributed by atoms with Crippen LogP contribution in [0.4, 0.5) is 4.79 Å². The highest BCUT2D eigenvalue weighted by Gasteiger charge is 2.34. The SMILES string of the molecule is CC(C)N(CCCC1(O)CNC1)C(=O)OC(C)(C)C. The Kier molecular flexibility index (Phi) is 5.21. The lowest BCUT2D eigenvalue weighted by Crippen LogP contribution is -2.59. The van der Waals surface area contributed by atoms with Gasteiger partial charge in [0.1, 0.15) is 5.60 Å². The molecule has 112 valence electrons. The monoisotopic (exact) mass is 272 g/mol. The fourth-order valence-corrected chi connectivity index (χ4v) is 2.05. The first-order valence-electron chi connectivity index (χ1n) is 7.06. The first-order chi connectivity index (χ1) is 8.63.